The van der Waals surface area contributed by atoms with Gasteiger partial charge in [-0.3, -0.25) is 9.48 Å². The molecule has 2 unspecified atom stereocenters. The summed E-state index contributed by atoms with van der Waals surface area (Å²) in [6.45, 7) is 4.90. The van der Waals surface area contributed by atoms with Crippen LogP contribution in [0.5, 0.6) is 0 Å². The summed E-state index contributed by atoms with van der Waals surface area (Å²) in [5, 5.41) is 5.31. The Morgan fingerprint density at radius 3 is 3.00 bits per heavy atom. The fourth-order valence-electron chi connectivity index (χ4n) is 3.73. The molecular formula is C19H22N4O2. The smallest absolute Gasteiger partial charge is 0.256 e. The lowest BCUT2D eigenvalue weighted by atomic mass is 9.90. The molecule has 130 valence electrons. The van der Waals surface area contributed by atoms with Crippen molar-refractivity contribution in [2.24, 2.45) is 13.0 Å². The van der Waals surface area contributed by atoms with Crippen molar-refractivity contribution in [2.45, 2.75) is 32.7 Å². The fraction of sp³-hybridized carbons (Fsp3) is 0.421. The van der Waals surface area contributed by atoms with Crippen LogP contribution in [0.3, 0.4) is 0 Å². The number of aromatic nitrogens is 3. The van der Waals surface area contributed by atoms with E-state index in [1.807, 2.05) is 37.1 Å². The van der Waals surface area contributed by atoms with Gasteiger partial charge in [-0.05, 0) is 43.9 Å². The van der Waals surface area contributed by atoms with Crippen LogP contribution < -0.4 is 0 Å². The van der Waals surface area contributed by atoms with Crippen molar-refractivity contribution in [1.29, 1.82) is 0 Å². The molecule has 4 heterocycles. The van der Waals surface area contributed by atoms with Gasteiger partial charge in [0, 0.05) is 25.2 Å². The van der Waals surface area contributed by atoms with Crippen molar-refractivity contribution in [3.63, 3.8) is 0 Å². The molecule has 6 heteroatoms. The molecule has 0 radical (unpaired) electrons. The molecule has 1 aliphatic heterocycles. The average Bonchev–Trinajstić information content (AvgIpc) is 3.23. The number of aryl methyl sites for hydroxylation is 2. The minimum absolute atomic E-state index is 0.00551. The van der Waals surface area contributed by atoms with Crippen molar-refractivity contribution in [3.05, 3.63) is 47.7 Å². The van der Waals surface area contributed by atoms with Crippen LogP contribution in [0.25, 0.3) is 11.0 Å². The number of rotatable bonds is 2. The van der Waals surface area contributed by atoms with Gasteiger partial charge in [-0.1, -0.05) is 6.92 Å². The Morgan fingerprint density at radius 2 is 2.24 bits per heavy atom. The molecule has 4 rings (SSSR count). The van der Waals surface area contributed by atoms with Crippen LogP contribution in [0.15, 0.2) is 35.1 Å². The van der Waals surface area contributed by atoms with Gasteiger partial charge in [0.1, 0.15) is 5.76 Å². The van der Waals surface area contributed by atoms with Crippen LogP contribution in [0.2, 0.25) is 0 Å². The van der Waals surface area contributed by atoms with Gasteiger partial charge in [-0.15, -0.1) is 0 Å². The summed E-state index contributed by atoms with van der Waals surface area (Å²) in [6, 6.07) is 5.72. The number of amides is 1. The maximum Gasteiger partial charge on any atom is 0.256 e. The number of carbonyl (C=O) groups is 1. The van der Waals surface area contributed by atoms with Crippen LogP contribution in [-0.4, -0.2) is 32.1 Å². The van der Waals surface area contributed by atoms with Crippen molar-refractivity contribution in [2.75, 3.05) is 6.54 Å². The Balaban J connectivity index is 1.70. The molecule has 6 nitrogen and oxygen atoms in total. The van der Waals surface area contributed by atoms with E-state index in [0.29, 0.717) is 11.5 Å². The summed E-state index contributed by atoms with van der Waals surface area (Å²) in [6.07, 6.45) is 5.25. The summed E-state index contributed by atoms with van der Waals surface area (Å²) in [5.41, 5.74) is 2.29. The van der Waals surface area contributed by atoms with Gasteiger partial charge in [0.15, 0.2) is 5.65 Å². The number of hydrogen-bond donors (Lipinski definition) is 0. The predicted octanol–water partition coefficient (Wildman–Crippen LogP) is 3.48. The highest BCUT2D eigenvalue weighted by atomic mass is 16.3. The Bertz CT molecular complexity index is 913. The quantitative estimate of drug-likeness (QED) is 0.717. The molecule has 2 atom stereocenters. The van der Waals surface area contributed by atoms with Crippen LogP contribution >= 0.6 is 0 Å². The second-order valence-corrected chi connectivity index (χ2v) is 6.96. The fourth-order valence-corrected chi connectivity index (χ4v) is 3.73. The topological polar surface area (TPSA) is 64.2 Å². The SMILES string of the molecule is Cc1nn(C)c2ncc(C(=O)N3CCC(C)CC3c3ccco3)cc12. The maximum absolute atomic E-state index is 13.2. The number of fused-ring (bicyclic) bond motifs is 1. The molecular weight excluding hydrogens is 316 g/mol. The zero-order valence-electron chi connectivity index (χ0n) is 14.8. The summed E-state index contributed by atoms with van der Waals surface area (Å²) in [7, 11) is 1.86. The number of nitrogens with zero attached hydrogens (tertiary/aromatic N) is 4. The van der Waals surface area contributed by atoms with E-state index in [1.165, 1.54) is 0 Å². The van der Waals surface area contributed by atoms with Gasteiger partial charge in [-0.25, -0.2) is 4.98 Å². The van der Waals surface area contributed by atoms with Crippen molar-refractivity contribution >= 4 is 16.9 Å². The van der Waals surface area contributed by atoms with Gasteiger partial charge in [0.2, 0.25) is 0 Å². The molecule has 0 aromatic carbocycles. The van der Waals surface area contributed by atoms with E-state index in [2.05, 4.69) is 17.0 Å². The Hall–Kier alpha value is -2.63. The molecule has 1 saturated heterocycles. The number of likely N-dealkylation sites (tertiary alicyclic amines) is 1. The molecule has 3 aromatic heterocycles. The summed E-state index contributed by atoms with van der Waals surface area (Å²) < 4.78 is 7.35. The van der Waals surface area contributed by atoms with Crippen LogP contribution in [0.1, 0.15) is 47.6 Å². The zero-order chi connectivity index (χ0) is 17.6. The molecule has 0 aliphatic carbocycles. The molecule has 1 aliphatic rings. The minimum Gasteiger partial charge on any atom is -0.467 e. The first-order chi connectivity index (χ1) is 12.0. The first-order valence-electron chi connectivity index (χ1n) is 8.68. The number of carbonyl (C=O) groups excluding carboxylic acids is 1. The standard InChI is InChI=1S/C19H22N4O2/c1-12-6-7-23(16(9-12)17-5-4-8-25-17)19(24)14-10-15-13(2)21-22(3)18(15)20-11-14/h4-5,8,10-12,16H,6-7,9H2,1-3H3. The monoisotopic (exact) mass is 338 g/mol. The number of hydrogen-bond acceptors (Lipinski definition) is 4. The van der Waals surface area contributed by atoms with Crippen LogP contribution in [-0.2, 0) is 7.05 Å². The molecule has 0 saturated carbocycles. The van der Waals surface area contributed by atoms with Gasteiger partial charge < -0.3 is 9.32 Å². The largest absolute Gasteiger partial charge is 0.467 e. The highest BCUT2D eigenvalue weighted by Crippen LogP contribution is 2.35. The number of piperidine rings is 1. The summed E-state index contributed by atoms with van der Waals surface area (Å²) in [4.78, 5) is 19.6. The first kappa shape index (κ1) is 15.9. The summed E-state index contributed by atoms with van der Waals surface area (Å²) in [5.74, 6) is 1.43. The van der Waals surface area contributed by atoms with Crippen molar-refractivity contribution < 1.29 is 9.21 Å². The van der Waals surface area contributed by atoms with Gasteiger partial charge >= 0.3 is 0 Å². The second-order valence-electron chi connectivity index (χ2n) is 6.96. The van der Waals surface area contributed by atoms with Gasteiger partial charge in [-0.2, -0.15) is 5.10 Å². The Morgan fingerprint density at radius 1 is 1.40 bits per heavy atom. The third-order valence-corrected chi connectivity index (χ3v) is 5.11. The van der Waals surface area contributed by atoms with E-state index < -0.39 is 0 Å². The molecule has 1 fully saturated rings. The van der Waals surface area contributed by atoms with E-state index in [4.69, 9.17) is 4.42 Å². The normalized spacial score (nSPS) is 21.0. The van der Waals surface area contributed by atoms with E-state index >= 15 is 0 Å². The lowest BCUT2D eigenvalue weighted by Gasteiger charge is -2.37. The first-order valence-corrected chi connectivity index (χ1v) is 8.68. The van der Waals surface area contributed by atoms with Gasteiger partial charge in [0.25, 0.3) is 5.91 Å². The highest BCUT2D eigenvalue weighted by molar-refractivity contribution is 5.97. The molecule has 25 heavy (non-hydrogen) atoms. The lowest BCUT2D eigenvalue weighted by molar-refractivity contribution is 0.0520. The van der Waals surface area contributed by atoms with Gasteiger partial charge in [0.05, 0.1) is 23.6 Å². The third kappa shape index (κ3) is 2.71. The second kappa shape index (κ2) is 6.02. The van der Waals surface area contributed by atoms with E-state index in [-0.39, 0.29) is 11.9 Å². The molecule has 0 bridgehead atoms. The number of pyridine rings is 1. The Labute approximate surface area is 146 Å². The molecule has 3 aromatic rings. The number of furan rings is 1. The van der Waals surface area contributed by atoms with Crippen LogP contribution in [0, 0.1) is 12.8 Å². The third-order valence-electron chi connectivity index (χ3n) is 5.11. The maximum atomic E-state index is 13.2. The molecule has 0 N–H and O–H groups in total. The summed E-state index contributed by atoms with van der Waals surface area (Å²) >= 11 is 0. The van der Waals surface area contributed by atoms with E-state index in [0.717, 1.165) is 41.9 Å². The Kier molecular flexibility index (Phi) is 3.82. The minimum atomic E-state index is -0.0167. The zero-order valence-corrected chi connectivity index (χ0v) is 14.8. The van der Waals surface area contributed by atoms with E-state index in [1.54, 1.807) is 17.1 Å². The van der Waals surface area contributed by atoms with Crippen LogP contribution in [0.4, 0.5) is 0 Å². The molecule has 1 amide bonds. The average molecular weight is 338 g/mol. The molecule has 0 spiro atoms. The lowest BCUT2D eigenvalue weighted by Crippen LogP contribution is -2.40. The van der Waals surface area contributed by atoms with E-state index in [9.17, 15) is 4.79 Å². The highest BCUT2D eigenvalue weighted by Gasteiger charge is 2.33. The van der Waals surface area contributed by atoms with Crippen molar-refractivity contribution in [3.8, 4) is 0 Å². The predicted molar refractivity (Wildman–Crippen MR) is 94.1 cm³/mol. The van der Waals surface area contributed by atoms with Crippen molar-refractivity contribution in [1.82, 2.24) is 19.7 Å².